The first-order valence-corrected chi connectivity index (χ1v) is 7.04. The van der Waals surface area contributed by atoms with E-state index in [1.807, 2.05) is 17.0 Å². The quantitative estimate of drug-likeness (QED) is 0.773. The molecule has 21 heavy (non-hydrogen) atoms. The molecule has 0 unspecified atom stereocenters. The standard InChI is InChI=1S/C16H22N2O3/c1-4-8-17-9-11-18(12-10-17)16(19)15-13(20-2)6-5-7-14(15)21-3/h4-7H,1,8-12H2,2-3H3. The number of carbonyl (C=O) groups excluding carboxylic acids is 1. The number of carbonyl (C=O) groups is 1. The van der Waals surface area contributed by atoms with Crippen molar-refractivity contribution in [2.75, 3.05) is 46.9 Å². The third-order valence-corrected chi connectivity index (χ3v) is 3.69. The maximum atomic E-state index is 12.8. The van der Waals surface area contributed by atoms with Gasteiger partial charge in [0.05, 0.1) is 14.2 Å². The second kappa shape index (κ2) is 7.13. The number of piperazine rings is 1. The Morgan fingerprint density at radius 1 is 1.19 bits per heavy atom. The molecule has 1 saturated heterocycles. The van der Waals surface area contributed by atoms with Crippen molar-refractivity contribution in [2.45, 2.75) is 0 Å². The molecule has 0 N–H and O–H groups in total. The molecule has 0 saturated carbocycles. The van der Waals surface area contributed by atoms with Gasteiger partial charge < -0.3 is 14.4 Å². The molecule has 1 fully saturated rings. The van der Waals surface area contributed by atoms with Gasteiger partial charge in [0.1, 0.15) is 17.1 Å². The van der Waals surface area contributed by atoms with E-state index in [2.05, 4.69) is 11.5 Å². The zero-order valence-electron chi connectivity index (χ0n) is 12.7. The van der Waals surface area contributed by atoms with Crippen molar-refractivity contribution in [3.63, 3.8) is 0 Å². The van der Waals surface area contributed by atoms with Gasteiger partial charge in [0.2, 0.25) is 0 Å². The molecule has 0 aliphatic carbocycles. The minimum absolute atomic E-state index is 0.0393. The molecule has 0 radical (unpaired) electrons. The maximum Gasteiger partial charge on any atom is 0.261 e. The fourth-order valence-electron chi connectivity index (χ4n) is 2.54. The van der Waals surface area contributed by atoms with Crippen molar-refractivity contribution < 1.29 is 14.3 Å². The minimum atomic E-state index is -0.0393. The molecular weight excluding hydrogens is 268 g/mol. The van der Waals surface area contributed by atoms with Crippen LogP contribution in [0.15, 0.2) is 30.9 Å². The lowest BCUT2D eigenvalue weighted by Gasteiger charge is -2.34. The van der Waals surface area contributed by atoms with E-state index in [1.54, 1.807) is 26.4 Å². The number of nitrogens with zero attached hydrogens (tertiary/aromatic N) is 2. The Labute approximate surface area is 125 Å². The molecule has 1 aliphatic rings. The van der Waals surface area contributed by atoms with Crippen molar-refractivity contribution in [2.24, 2.45) is 0 Å². The Kier molecular flexibility index (Phi) is 5.22. The lowest BCUT2D eigenvalue weighted by molar-refractivity contribution is 0.0643. The Morgan fingerprint density at radius 2 is 1.76 bits per heavy atom. The fourth-order valence-corrected chi connectivity index (χ4v) is 2.54. The summed E-state index contributed by atoms with van der Waals surface area (Å²) in [6.45, 7) is 7.72. The first kappa shape index (κ1) is 15.4. The van der Waals surface area contributed by atoms with Crippen molar-refractivity contribution >= 4 is 5.91 Å². The molecule has 5 nitrogen and oxygen atoms in total. The van der Waals surface area contributed by atoms with Crippen molar-refractivity contribution in [3.8, 4) is 11.5 Å². The van der Waals surface area contributed by atoms with E-state index in [0.717, 1.165) is 19.6 Å². The number of hydrogen-bond acceptors (Lipinski definition) is 4. The summed E-state index contributed by atoms with van der Waals surface area (Å²) in [5, 5.41) is 0. The average Bonchev–Trinajstić information content (AvgIpc) is 2.54. The van der Waals surface area contributed by atoms with Crippen molar-refractivity contribution in [1.29, 1.82) is 0 Å². The van der Waals surface area contributed by atoms with E-state index in [1.165, 1.54) is 0 Å². The Balaban J connectivity index is 2.16. The van der Waals surface area contributed by atoms with E-state index in [4.69, 9.17) is 9.47 Å². The molecular formula is C16H22N2O3. The van der Waals surface area contributed by atoms with E-state index in [-0.39, 0.29) is 5.91 Å². The van der Waals surface area contributed by atoms with Crippen LogP contribution in [0.1, 0.15) is 10.4 Å². The van der Waals surface area contributed by atoms with Crippen molar-refractivity contribution in [3.05, 3.63) is 36.4 Å². The number of rotatable bonds is 5. The van der Waals surface area contributed by atoms with Crippen LogP contribution in [0.2, 0.25) is 0 Å². The van der Waals surface area contributed by atoms with Crippen LogP contribution in [0, 0.1) is 0 Å². The van der Waals surface area contributed by atoms with Crippen LogP contribution in [0.25, 0.3) is 0 Å². The average molecular weight is 290 g/mol. The second-order valence-corrected chi connectivity index (χ2v) is 4.92. The summed E-state index contributed by atoms with van der Waals surface area (Å²) in [5.74, 6) is 1.06. The predicted molar refractivity (Wildman–Crippen MR) is 82.1 cm³/mol. The maximum absolute atomic E-state index is 12.8. The number of hydrogen-bond donors (Lipinski definition) is 0. The van der Waals surface area contributed by atoms with Gasteiger partial charge in [-0.3, -0.25) is 9.69 Å². The topological polar surface area (TPSA) is 42.0 Å². The normalized spacial score (nSPS) is 15.6. The van der Waals surface area contributed by atoms with E-state index >= 15 is 0 Å². The van der Waals surface area contributed by atoms with E-state index < -0.39 is 0 Å². The van der Waals surface area contributed by atoms with Crippen LogP contribution in [0.5, 0.6) is 11.5 Å². The molecule has 1 heterocycles. The van der Waals surface area contributed by atoms with Gasteiger partial charge in [-0.2, -0.15) is 0 Å². The Hall–Kier alpha value is -2.01. The first-order chi connectivity index (χ1) is 10.2. The third-order valence-electron chi connectivity index (χ3n) is 3.69. The minimum Gasteiger partial charge on any atom is -0.496 e. The molecule has 1 amide bonds. The predicted octanol–water partition coefficient (Wildman–Crippen LogP) is 1.65. The van der Waals surface area contributed by atoms with Crippen LogP contribution in [0.4, 0.5) is 0 Å². The van der Waals surface area contributed by atoms with Crippen molar-refractivity contribution in [1.82, 2.24) is 9.80 Å². The van der Waals surface area contributed by atoms with Gasteiger partial charge in [0.25, 0.3) is 5.91 Å². The molecule has 114 valence electrons. The third kappa shape index (κ3) is 3.36. The summed E-state index contributed by atoms with van der Waals surface area (Å²) in [6, 6.07) is 5.38. The highest BCUT2D eigenvalue weighted by atomic mass is 16.5. The van der Waals surface area contributed by atoms with Crippen LogP contribution < -0.4 is 9.47 Å². The van der Waals surface area contributed by atoms with Gasteiger partial charge in [0.15, 0.2) is 0 Å². The molecule has 1 aromatic rings. The zero-order valence-corrected chi connectivity index (χ0v) is 12.7. The number of methoxy groups -OCH3 is 2. The largest absolute Gasteiger partial charge is 0.496 e. The summed E-state index contributed by atoms with van der Waals surface area (Å²) in [7, 11) is 3.13. The summed E-state index contributed by atoms with van der Waals surface area (Å²) >= 11 is 0. The number of ether oxygens (including phenoxy) is 2. The monoisotopic (exact) mass is 290 g/mol. The summed E-state index contributed by atoms with van der Waals surface area (Å²) in [4.78, 5) is 16.9. The fraction of sp³-hybridized carbons (Fsp3) is 0.438. The number of amides is 1. The molecule has 2 rings (SSSR count). The van der Waals surface area contributed by atoms with E-state index in [9.17, 15) is 4.79 Å². The van der Waals surface area contributed by atoms with Crippen LogP contribution in [0.3, 0.4) is 0 Å². The summed E-state index contributed by atoms with van der Waals surface area (Å²) in [5.41, 5.74) is 0.500. The smallest absolute Gasteiger partial charge is 0.261 e. The van der Waals surface area contributed by atoms with Gasteiger partial charge in [-0.1, -0.05) is 12.1 Å². The van der Waals surface area contributed by atoms with Gasteiger partial charge in [-0.25, -0.2) is 0 Å². The highest BCUT2D eigenvalue weighted by Crippen LogP contribution is 2.29. The molecule has 5 heteroatoms. The van der Waals surface area contributed by atoms with Gasteiger partial charge in [-0.05, 0) is 12.1 Å². The summed E-state index contributed by atoms with van der Waals surface area (Å²) < 4.78 is 10.6. The van der Waals surface area contributed by atoms with Gasteiger partial charge in [-0.15, -0.1) is 6.58 Å². The molecule has 0 spiro atoms. The molecule has 0 atom stereocenters. The SMILES string of the molecule is C=CCN1CCN(C(=O)c2c(OC)cccc2OC)CC1. The first-order valence-electron chi connectivity index (χ1n) is 7.04. The Morgan fingerprint density at radius 3 is 2.24 bits per heavy atom. The molecule has 1 aliphatic heterocycles. The lowest BCUT2D eigenvalue weighted by Crippen LogP contribution is -2.48. The van der Waals surface area contributed by atoms with E-state index in [0.29, 0.717) is 30.2 Å². The van der Waals surface area contributed by atoms with Crippen LogP contribution >= 0.6 is 0 Å². The second-order valence-electron chi connectivity index (χ2n) is 4.92. The Bertz CT molecular complexity index is 486. The zero-order chi connectivity index (χ0) is 15.2. The lowest BCUT2D eigenvalue weighted by atomic mass is 10.1. The molecule has 0 aromatic heterocycles. The highest BCUT2D eigenvalue weighted by Gasteiger charge is 2.26. The highest BCUT2D eigenvalue weighted by molar-refractivity contribution is 5.99. The van der Waals surface area contributed by atoms with Crippen LogP contribution in [-0.2, 0) is 0 Å². The summed E-state index contributed by atoms with van der Waals surface area (Å²) in [6.07, 6.45) is 1.89. The molecule has 1 aromatic carbocycles. The molecule has 0 bridgehead atoms. The number of benzene rings is 1. The van der Waals surface area contributed by atoms with Gasteiger partial charge >= 0.3 is 0 Å². The van der Waals surface area contributed by atoms with Crippen LogP contribution in [-0.4, -0.2) is 62.7 Å². The van der Waals surface area contributed by atoms with Gasteiger partial charge in [0, 0.05) is 32.7 Å².